The van der Waals surface area contributed by atoms with Crippen LogP contribution in [0.1, 0.15) is 11.1 Å². The van der Waals surface area contributed by atoms with Gasteiger partial charge in [0.15, 0.2) is 0 Å². The highest BCUT2D eigenvalue weighted by molar-refractivity contribution is 9.10. The molecule has 5 heteroatoms. The van der Waals surface area contributed by atoms with E-state index in [4.69, 9.17) is 29.6 Å². The van der Waals surface area contributed by atoms with Gasteiger partial charge in [-0.2, -0.15) is 0 Å². The van der Waals surface area contributed by atoms with Crippen molar-refractivity contribution in [2.45, 2.75) is 6.92 Å². The van der Waals surface area contributed by atoms with Gasteiger partial charge in [0.2, 0.25) is 0 Å². The van der Waals surface area contributed by atoms with Crippen LogP contribution in [0.3, 0.4) is 0 Å². The summed E-state index contributed by atoms with van der Waals surface area (Å²) in [6, 6.07) is 11.4. The molecule has 98 valence electrons. The summed E-state index contributed by atoms with van der Waals surface area (Å²) in [5.41, 5.74) is 9.40. The van der Waals surface area contributed by atoms with Gasteiger partial charge in [-0.1, -0.05) is 45.8 Å². The molecule has 0 aliphatic carbocycles. The van der Waals surface area contributed by atoms with Gasteiger partial charge >= 0.3 is 0 Å². The molecule has 0 saturated carbocycles. The Morgan fingerprint density at radius 2 is 2.00 bits per heavy atom. The number of nitrogens with two attached hydrogens (primary N) is 1. The second-order valence-corrected chi connectivity index (χ2v) is 5.87. The third kappa shape index (κ3) is 3.47. The Labute approximate surface area is 131 Å². The van der Waals surface area contributed by atoms with Crippen LogP contribution in [0.5, 0.6) is 0 Å². The monoisotopic (exact) mass is 354 g/mol. The normalized spacial score (nSPS) is 10.3. The molecule has 19 heavy (non-hydrogen) atoms. The summed E-state index contributed by atoms with van der Waals surface area (Å²) in [4.78, 5) is 0.338. The number of halogens is 2. The lowest BCUT2D eigenvalue weighted by Gasteiger charge is -2.12. The third-order valence-corrected chi connectivity index (χ3v) is 4.01. The van der Waals surface area contributed by atoms with Gasteiger partial charge in [-0.05, 0) is 42.8 Å². The van der Waals surface area contributed by atoms with Crippen LogP contribution in [0, 0.1) is 6.92 Å². The summed E-state index contributed by atoms with van der Waals surface area (Å²) >= 11 is 14.6. The summed E-state index contributed by atoms with van der Waals surface area (Å²) in [5.74, 6) is 0. The maximum absolute atomic E-state index is 6.01. The Kier molecular flexibility index (Phi) is 4.45. The maximum atomic E-state index is 6.01. The molecule has 0 atom stereocenters. The number of rotatable bonds is 3. The van der Waals surface area contributed by atoms with E-state index in [2.05, 4.69) is 21.2 Å². The number of hydrogen-bond donors (Lipinski definition) is 2. The zero-order chi connectivity index (χ0) is 14.0. The van der Waals surface area contributed by atoms with Crippen LogP contribution in [0.25, 0.3) is 0 Å². The standard InChI is InChI=1S/C14H12BrClN2S/c1-8-2-4-10(7-12(8)15)18-13-6-9(16)3-5-11(13)14(17)19/h2-7,18H,1H3,(H2,17,19). The molecule has 3 N–H and O–H groups in total. The molecular formula is C14H12BrClN2S. The highest BCUT2D eigenvalue weighted by Gasteiger charge is 2.07. The molecule has 2 rings (SSSR count). The molecule has 0 aliphatic heterocycles. The van der Waals surface area contributed by atoms with Crippen LogP contribution in [0.4, 0.5) is 11.4 Å². The van der Waals surface area contributed by atoms with Crippen LogP contribution in [-0.2, 0) is 0 Å². The number of benzene rings is 2. The molecule has 0 amide bonds. The number of hydrogen-bond acceptors (Lipinski definition) is 2. The Hall–Kier alpha value is -1.10. The molecule has 0 unspecified atom stereocenters. The van der Waals surface area contributed by atoms with E-state index in [1.807, 2.05) is 37.3 Å². The predicted molar refractivity (Wildman–Crippen MR) is 89.5 cm³/mol. The molecular weight excluding hydrogens is 344 g/mol. The van der Waals surface area contributed by atoms with Gasteiger partial charge in [-0.25, -0.2) is 0 Å². The summed E-state index contributed by atoms with van der Waals surface area (Å²) in [7, 11) is 0. The first-order valence-corrected chi connectivity index (χ1v) is 7.18. The van der Waals surface area contributed by atoms with Gasteiger partial charge in [0.05, 0.1) is 5.69 Å². The van der Waals surface area contributed by atoms with E-state index < -0.39 is 0 Å². The van der Waals surface area contributed by atoms with Gasteiger partial charge < -0.3 is 11.1 Å². The molecule has 2 nitrogen and oxygen atoms in total. The fraction of sp³-hybridized carbons (Fsp3) is 0.0714. The first kappa shape index (κ1) is 14.3. The van der Waals surface area contributed by atoms with Crippen molar-refractivity contribution < 1.29 is 0 Å². The van der Waals surface area contributed by atoms with E-state index in [-0.39, 0.29) is 0 Å². The average Bonchev–Trinajstić information content (AvgIpc) is 2.33. The van der Waals surface area contributed by atoms with Gasteiger partial charge in [0.25, 0.3) is 0 Å². The van der Waals surface area contributed by atoms with Gasteiger partial charge in [0, 0.05) is 20.7 Å². The molecule has 0 radical (unpaired) electrons. The number of anilines is 2. The van der Waals surface area contributed by atoms with Crippen molar-refractivity contribution in [2.75, 3.05) is 5.32 Å². The smallest absolute Gasteiger partial charge is 0.106 e. The van der Waals surface area contributed by atoms with Crippen molar-refractivity contribution in [1.29, 1.82) is 0 Å². The summed E-state index contributed by atoms with van der Waals surface area (Å²) in [6.45, 7) is 2.04. The Bertz CT molecular complexity index is 643. The number of nitrogens with one attached hydrogen (secondary N) is 1. The molecule has 2 aromatic carbocycles. The van der Waals surface area contributed by atoms with E-state index in [1.54, 1.807) is 6.07 Å². The molecule has 0 aliphatic rings. The van der Waals surface area contributed by atoms with Crippen molar-refractivity contribution in [2.24, 2.45) is 5.73 Å². The minimum atomic E-state index is 0.338. The Balaban J connectivity index is 2.39. The quantitative estimate of drug-likeness (QED) is 0.778. The zero-order valence-electron chi connectivity index (χ0n) is 10.2. The Morgan fingerprint density at radius 3 is 2.63 bits per heavy atom. The SMILES string of the molecule is Cc1ccc(Nc2cc(Cl)ccc2C(N)=S)cc1Br. The van der Waals surface area contributed by atoms with Gasteiger partial charge in [0.1, 0.15) is 4.99 Å². The summed E-state index contributed by atoms with van der Waals surface area (Å²) in [6.07, 6.45) is 0. The largest absolute Gasteiger partial charge is 0.389 e. The molecule has 0 saturated heterocycles. The second-order valence-electron chi connectivity index (χ2n) is 4.14. The van der Waals surface area contributed by atoms with E-state index in [0.717, 1.165) is 21.4 Å². The lowest BCUT2D eigenvalue weighted by Crippen LogP contribution is -2.11. The lowest BCUT2D eigenvalue weighted by atomic mass is 10.1. The molecule has 0 spiro atoms. The van der Waals surface area contributed by atoms with E-state index in [9.17, 15) is 0 Å². The molecule has 2 aromatic rings. The van der Waals surface area contributed by atoms with Crippen molar-refractivity contribution in [3.8, 4) is 0 Å². The predicted octanol–water partition coefficient (Wildman–Crippen LogP) is 4.79. The van der Waals surface area contributed by atoms with Crippen LogP contribution >= 0.6 is 39.7 Å². The first-order valence-electron chi connectivity index (χ1n) is 5.60. The lowest BCUT2D eigenvalue weighted by molar-refractivity contribution is 1.41. The van der Waals surface area contributed by atoms with Gasteiger partial charge in [-0.3, -0.25) is 0 Å². The minimum Gasteiger partial charge on any atom is -0.389 e. The van der Waals surface area contributed by atoms with Gasteiger partial charge in [-0.15, -0.1) is 0 Å². The fourth-order valence-corrected chi connectivity index (χ4v) is 2.39. The third-order valence-electron chi connectivity index (χ3n) is 2.70. The highest BCUT2D eigenvalue weighted by Crippen LogP contribution is 2.27. The van der Waals surface area contributed by atoms with Crippen LogP contribution in [-0.4, -0.2) is 4.99 Å². The van der Waals surface area contributed by atoms with Crippen LogP contribution in [0.2, 0.25) is 5.02 Å². The summed E-state index contributed by atoms with van der Waals surface area (Å²) < 4.78 is 1.04. The van der Waals surface area contributed by atoms with E-state index >= 15 is 0 Å². The highest BCUT2D eigenvalue weighted by atomic mass is 79.9. The zero-order valence-corrected chi connectivity index (χ0v) is 13.4. The van der Waals surface area contributed by atoms with Crippen molar-refractivity contribution in [1.82, 2.24) is 0 Å². The topological polar surface area (TPSA) is 38.0 Å². The van der Waals surface area contributed by atoms with Crippen molar-refractivity contribution in [3.05, 3.63) is 57.0 Å². The van der Waals surface area contributed by atoms with E-state index in [0.29, 0.717) is 10.0 Å². The summed E-state index contributed by atoms with van der Waals surface area (Å²) in [5, 5.41) is 3.91. The second kappa shape index (κ2) is 5.90. The average molecular weight is 356 g/mol. The number of thiocarbonyl (C=S) groups is 1. The molecule has 0 heterocycles. The molecule has 0 bridgehead atoms. The Morgan fingerprint density at radius 1 is 1.26 bits per heavy atom. The minimum absolute atomic E-state index is 0.338. The first-order chi connectivity index (χ1) is 8.97. The van der Waals surface area contributed by atoms with Crippen LogP contribution in [0.15, 0.2) is 40.9 Å². The van der Waals surface area contributed by atoms with Crippen LogP contribution < -0.4 is 11.1 Å². The van der Waals surface area contributed by atoms with Crippen molar-refractivity contribution >= 4 is 56.1 Å². The maximum Gasteiger partial charge on any atom is 0.106 e. The number of aryl methyl sites for hydroxylation is 1. The van der Waals surface area contributed by atoms with E-state index in [1.165, 1.54) is 5.56 Å². The van der Waals surface area contributed by atoms with Crippen molar-refractivity contribution in [3.63, 3.8) is 0 Å². The molecule has 0 fully saturated rings. The fourth-order valence-electron chi connectivity index (χ4n) is 1.66. The molecule has 0 aromatic heterocycles.